The predicted molar refractivity (Wildman–Crippen MR) is 179 cm³/mol. The Hall–Kier alpha value is -6.58. The second kappa shape index (κ2) is 16.5. The maximum absolute atomic E-state index is 13.5. The number of benzene rings is 2. The first kappa shape index (κ1) is 39.6. The Labute approximate surface area is 286 Å². The van der Waals surface area contributed by atoms with E-state index in [2.05, 4.69) is 21.3 Å². The standard InChI is InChI=1S/C34H37N5O11/c1-7-9-17(38-29(43)21-13-19(27(35)41)23(31(45)46)15-25(21)33(49)50)10-11-26(36-6)34(4,5)39-30(44)22-14-20(28(42)37-8-2)18(16(3)40)12-24(22)32(47)48/h7,9-15,36H,8H2,1-6H3,(H2,35,41)(H,37,42)(H,38,43)(H,39,44)(H,45,46)(H,47,48)(H,49,50)/b9-7-,17-10+,26-11-. The van der Waals surface area contributed by atoms with Crippen molar-refractivity contribution in [3.8, 4) is 0 Å². The van der Waals surface area contributed by atoms with Crippen LogP contribution in [0.1, 0.15) is 117 Å². The van der Waals surface area contributed by atoms with E-state index in [0.29, 0.717) is 11.8 Å². The fraction of sp³-hybridized carbons (Fsp3) is 0.235. The molecular formula is C34H37N5O11. The van der Waals surface area contributed by atoms with Crippen molar-refractivity contribution in [1.82, 2.24) is 21.3 Å². The highest BCUT2D eigenvalue weighted by molar-refractivity contribution is 6.14. The molecular weight excluding hydrogens is 654 g/mol. The van der Waals surface area contributed by atoms with Crippen molar-refractivity contribution < 1.29 is 53.7 Å². The second-order valence-electron chi connectivity index (χ2n) is 11.1. The summed E-state index contributed by atoms with van der Waals surface area (Å²) >= 11 is 0. The molecule has 50 heavy (non-hydrogen) atoms. The summed E-state index contributed by atoms with van der Waals surface area (Å²) in [5, 5.41) is 39.5. The van der Waals surface area contributed by atoms with Gasteiger partial charge in [-0.1, -0.05) is 6.08 Å². The van der Waals surface area contributed by atoms with E-state index in [1.54, 1.807) is 27.7 Å². The average Bonchev–Trinajstić information content (AvgIpc) is 3.03. The molecule has 2 aromatic carbocycles. The van der Waals surface area contributed by atoms with Gasteiger partial charge in [-0.15, -0.1) is 0 Å². The van der Waals surface area contributed by atoms with Crippen LogP contribution in [0.15, 0.2) is 60.0 Å². The minimum atomic E-state index is -1.64. The normalized spacial score (nSPS) is 11.8. The number of likely N-dealkylation sites (N-methyl/N-ethyl adjacent to an activating group) is 1. The Morgan fingerprint density at radius 1 is 0.720 bits per heavy atom. The maximum atomic E-state index is 13.5. The van der Waals surface area contributed by atoms with E-state index in [-0.39, 0.29) is 28.9 Å². The summed E-state index contributed by atoms with van der Waals surface area (Å²) in [7, 11) is 1.52. The van der Waals surface area contributed by atoms with Crippen molar-refractivity contribution in [2.24, 2.45) is 5.73 Å². The molecule has 0 fully saturated rings. The molecule has 0 aromatic heterocycles. The van der Waals surface area contributed by atoms with E-state index < -0.39 is 80.7 Å². The van der Waals surface area contributed by atoms with Gasteiger partial charge in [-0.25, -0.2) is 14.4 Å². The number of nitrogens with one attached hydrogen (secondary N) is 4. The van der Waals surface area contributed by atoms with Crippen LogP contribution < -0.4 is 27.0 Å². The van der Waals surface area contributed by atoms with Crippen LogP contribution in [-0.4, -0.2) is 81.8 Å². The molecule has 0 aliphatic rings. The topological polar surface area (TPSA) is 271 Å². The lowest BCUT2D eigenvalue weighted by Gasteiger charge is -2.29. The Kier molecular flexibility index (Phi) is 13.1. The van der Waals surface area contributed by atoms with E-state index in [0.717, 1.165) is 25.1 Å². The van der Waals surface area contributed by atoms with Gasteiger partial charge in [-0.3, -0.25) is 24.0 Å². The summed E-state index contributed by atoms with van der Waals surface area (Å²) in [5.74, 6) is -9.15. The number of ketones is 1. The van der Waals surface area contributed by atoms with Crippen LogP contribution in [-0.2, 0) is 0 Å². The van der Waals surface area contributed by atoms with Crippen LogP contribution in [0.2, 0.25) is 0 Å². The van der Waals surface area contributed by atoms with Crippen LogP contribution in [0, 0.1) is 0 Å². The molecule has 16 heteroatoms. The second-order valence-corrected chi connectivity index (χ2v) is 11.1. The van der Waals surface area contributed by atoms with Gasteiger partial charge in [0.1, 0.15) is 0 Å². The number of nitrogens with two attached hydrogens (primary N) is 1. The van der Waals surface area contributed by atoms with Crippen LogP contribution in [0.4, 0.5) is 0 Å². The van der Waals surface area contributed by atoms with Gasteiger partial charge in [0.15, 0.2) is 5.78 Å². The molecule has 0 atom stereocenters. The highest BCUT2D eigenvalue weighted by atomic mass is 16.4. The molecule has 2 aromatic rings. The van der Waals surface area contributed by atoms with Gasteiger partial charge in [0.05, 0.1) is 44.5 Å². The van der Waals surface area contributed by atoms with E-state index in [9.17, 15) is 53.7 Å². The van der Waals surface area contributed by atoms with Crippen LogP contribution in [0.25, 0.3) is 0 Å². The number of hydrogen-bond donors (Lipinski definition) is 8. The molecule has 0 saturated heterocycles. The number of carboxylic acids is 3. The van der Waals surface area contributed by atoms with Crippen molar-refractivity contribution in [1.29, 1.82) is 0 Å². The molecule has 0 unspecified atom stereocenters. The van der Waals surface area contributed by atoms with E-state index in [1.165, 1.54) is 31.4 Å². The van der Waals surface area contributed by atoms with Crippen molar-refractivity contribution in [2.75, 3.05) is 13.6 Å². The highest BCUT2D eigenvalue weighted by Crippen LogP contribution is 2.22. The lowest BCUT2D eigenvalue weighted by atomic mass is 9.93. The van der Waals surface area contributed by atoms with Gasteiger partial charge in [0.2, 0.25) is 5.91 Å². The van der Waals surface area contributed by atoms with Crippen molar-refractivity contribution in [2.45, 2.75) is 40.2 Å². The van der Waals surface area contributed by atoms with Gasteiger partial charge in [-0.05, 0) is 77.1 Å². The largest absolute Gasteiger partial charge is 0.478 e. The van der Waals surface area contributed by atoms with E-state index >= 15 is 0 Å². The van der Waals surface area contributed by atoms with Crippen molar-refractivity contribution in [3.05, 3.63) is 104 Å². The number of amides is 4. The summed E-state index contributed by atoms with van der Waals surface area (Å²) in [6.45, 7) is 7.77. The summed E-state index contributed by atoms with van der Waals surface area (Å²) in [6.07, 6.45) is 5.81. The number of allylic oxidation sites excluding steroid dienone is 4. The van der Waals surface area contributed by atoms with Gasteiger partial charge < -0.3 is 42.3 Å². The number of Topliss-reactive ketones (excluding diaryl/α,β-unsaturated/α-hetero) is 1. The molecule has 2 rings (SSSR count). The first-order valence-electron chi connectivity index (χ1n) is 14.8. The molecule has 0 aliphatic heterocycles. The summed E-state index contributed by atoms with van der Waals surface area (Å²) < 4.78 is 0. The number of primary amides is 1. The minimum Gasteiger partial charge on any atom is -0.478 e. The summed E-state index contributed by atoms with van der Waals surface area (Å²) in [5.41, 5.74) is 0.612. The van der Waals surface area contributed by atoms with Crippen molar-refractivity contribution >= 4 is 47.3 Å². The zero-order valence-corrected chi connectivity index (χ0v) is 28.0. The number of hydrogen-bond acceptors (Lipinski definition) is 9. The molecule has 0 spiro atoms. The lowest BCUT2D eigenvalue weighted by Crippen LogP contribution is -2.48. The van der Waals surface area contributed by atoms with Gasteiger partial charge in [0, 0.05) is 30.5 Å². The number of carbonyl (C=O) groups excluding carboxylic acids is 5. The minimum absolute atomic E-state index is 0.0891. The Bertz CT molecular complexity index is 1890. The van der Waals surface area contributed by atoms with Gasteiger partial charge in [0.25, 0.3) is 17.7 Å². The first-order chi connectivity index (χ1) is 23.3. The third-order valence-corrected chi connectivity index (χ3v) is 7.12. The SMILES string of the molecule is C\C=C/C(=C\C=C(/NC)C(C)(C)NC(=O)c1cc(C(=O)NCC)c(C(C)=O)cc1C(=O)O)NC(=O)c1cc(C(N)=O)c(C(=O)O)cc1C(=O)O. The Morgan fingerprint density at radius 3 is 1.64 bits per heavy atom. The zero-order chi connectivity index (χ0) is 38.1. The molecule has 0 radical (unpaired) electrons. The summed E-state index contributed by atoms with van der Waals surface area (Å²) in [6, 6.07) is 3.44. The fourth-order valence-corrected chi connectivity index (χ4v) is 4.76. The molecule has 16 nitrogen and oxygen atoms in total. The summed E-state index contributed by atoms with van der Waals surface area (Å²) in [4.78, 5) is 99.2. The fourth-order valence-electron chi connectivity index (χ4n) is 4.76. The van der Waals surface area contributed by atoms with Crippen LogP contribution in [0.5, 0.6) is 0 Å². The predicted octanol–water partition coefficient (Wildman–Crippen LogP) is 2.33. The monoisotopic (exact) mass is 691 g/mol. The smallest absolute Gasteiger partial charge is 0.336 e. The molecule has 4 amide bonds. The van der Waals surface area contributed by atoms with Gasteiger partial charge >= 0.3 is 17.9 Å². The number of carbonyl (C=O) groups is 8. The Morgan fingerprint density at radius 2 is 1.18 bits per heavy atom. The third kappa shape index (κ3) is 9.27. The Balaban J connectivity index is 2.57. The highest BCUT2D eigenvalue weighted by Gasteiger charge is 2.30. The zero-order valence-electron chi connectivity index (χ0n) is 28.0. The van der Waals surface area contributed by atoms with Gasteiger partial charge in [-0.2, -0.15) is 0 Å². The molecule has 0 saturated carbocycles. The molecule has 0 aliphatic carbocycles. The van der Waals surface area contributed by atoms with Crippen LogP contribution in [0.3, 0.4) is 0 Å². The molecule has 264 valence electrons. The van der Waals surface area contributed by atoms with Crippen molar-refractivity contribution in [3.63, 3.8) is 0 Å². The molecule has 0 heterocycles. The maximum Gasteiger partial charge on any atom is 0.336 e. The van der Waals surface area contributed by atoms with E-state index in [4.69, 9.17) is 5.73 Å². The quantitative estimate of drug-likeness (QED) is 0.0988. The molecule has 0 bridgehead atoms. The first-order valence-corrected chi connectivity index (χ1v) is 14.8. The van der Waals surface area contributed by atoms with Crippen LogP contribution >= 0.6 is 0 Å². The number of aromatic carboxylic acids is 3. The number of carboxylic acid groups (broad SMARTS) is 3. The third-order valence-electron chi connectivity index (χ3n) is 7.12. The molecule has 9 N–H and O–H groups in total. The lowest BCUT2D eigenvalue weighted by molar-refractivity contribution is 0.0677. The van der Waals surface area contributed by atoms with E-state index in [1.807, 2.05) is 0 Å². The average molecular weight is 692 g/mol. The number of rotatable bonds is 15.